The van der Waals surface area contributed by atoms with Gasteiger partial charge in [-0.05, 0) is 38.1 Å². The van der Waals surface area contributed by atoms with Gasteiger partial charge in [0.05, 0.1) is 6.26 Å². The molecule has 1 saturated heterocycles. The first-order chi connectivity index (χ1) is 8.36. The summed E-state index contributed by atoms with van der Waals surface area (Å²) in [7, 11) is 2.19. The molecular formula is C15H21NO. The van der Waals surface area contributed by atoms with Crippen molar-refractivity contribution in [1.29, 1.82) is 0 Å². The Morgan fingerprint density at radius 3 is 2.88 bits per heavy atom. The van der Waals surface area contributed by atoms with Gasteiger partial charge in [-0.15, -0.1) is 0 Å². The summed E-state index contributed by atoms with van der Waals surface area (Å²) in [4.78, 5) is 2.40. The second kappa shape index (κ2) is 6.45. The Kier molecular flexibility index (Phi) is 4.63. The molecule has 0 bridgehead atoms. The van der Waals surface area contributed by atoms with Crippen LogP contribution in [0.1, 0.15) is 24.8 Å². The van der Waals surface area contributed by atoms with E-state index in [4.69, 9.17) is 4.74 Å². The van der Waals surface area contributed by atoms with E-state index in [0.29, 0.717) is 6.04 Å². The fourth-order valence-corrected chi connectivity index (χ4v) is 2.21. The minimum atomic E-state index is 0.587. The van der Waals surface area contributed by atoms with Crippen molar-refractivity contribution in [2.75, 3.05) is 20.2 Å². The molecule has 1 aliphatic heterocycles. The number of benzene rings is 1. The molecule has 1 aromatic rings. The smallest absolute Gasteiger partial charge is 0.103 e. The number of hydrogen-bond donors (Lipinski definition) is 0. The Hall–Kier alpha value is -1.28. The zero-order chi connectivity index (χ0) is 11.9. The van der Waals surface area contributed by atoms with Gasteiger partial charge in [-0.25, -0.2) is 0 Å². The standard InChI is InChI=1S/C15H21NO/c1-16-11-6-5-9-15(16)13-17-12-10-14-7-3-2-4-8-14/h2-4,7-8,10,12,15H,5-6,9,11,13H2,1H3/b12-10+. The van der Waals surface area contributed by atoms with Crippen molar-refractivity contribution in [2.24, 2.45) is 0 Å². The molecule has 0 saturated carbocycles. The maximum Gasteiger partial charge on any atom is 0.103 e. The number of likely N-dealkylation sites (tertiary alicyclic amines) is 1. The molecule has 17 heavy (non-hydrogen) atoms. The Bertz CT molecular complexity index is 347. The third-order valence-corrected chi connectivity index (χ3v) is 3.37. The lowest BCUT2D eigenvalue weighted by atomic mass is 10.0. The number of hydrogen-bond acceptors (Lipinski definition) is 2. The van der Waals surface area contributed by atoms with Crippen LogP contribution in [0.5, 0.6) is 0 Å². The molecule has 2 nitrogen and oxygen atoms in total. The largest absolute Gasteiger partial charge is 0.500 e. The molecule has 1 heterocycles. The first-order valence-corrected chi connectivity index (χ1v) is 6.40. The van der Waals surface area contributed by atoms with Crippen LogP contribution in [0.4, 0.5) is 0 Å². The third kappa shape index (κ3) is 3.90. The normalized spacial score (nSPS) is 21.8. The zero-order valence-electron chi connectivity index (χ0n) is 10.5. The molecular weight excluding hydrogens is 210 g/mol. The lowest BCUT2D eigenvalue weighted by molar-refractivity contribution is 0.103. The zero-order valence-corrected chi connectivity index (χ0v) is 10.5. The number of ether oxygens (including phenoxy) is 1. The van der Waals surface area contributed by atoms with Crippen LogP contribution in [0.25, 0.3) is 6.08 Å². The highest BCUT2D eigenvalue weighted by molar-refractivity contribution is 5.47. The quantitative estimate of drug-likeness (QED) is 0.738. The summed E-state index contributed by atoms with van der Waals surface area (Å²) < 4.78 is 5.63. The van der Waals surface area contributed by atoms with Gasteiger partial charge < -0.3 is 9.64 Å². The highest BCUT2D eigenvalue weighted by Crippen LogP contribution is 2.15. The van der Waals surface area contributed by atoms with E-state index < -0.39 is 0 Å². The average Bonchev–Trinajstić information content (AvgIpc) is 2.38. The van der Waals surface area contributed by atoms with Crippen LogP contribution in [-0.2, 0) is 4.74 Å². The van der Waals surface area contributed by atoms with Crippen LogP contribution >= 0.6 is 0 Å². The molecule has 0 amide bonds. The molecule has 0 aliphatic carbocycles. The number of piperidine rings is 1. The SMILES string of the molecule is CN1CCCCC1CO/C=C/c1ccccc1. The summed E-state index contributed by atoms with van der Waals surface area (Å²) in [5.74, 6) is 0. The minimum absolute atomic E-state index is 0.587. The lowest BCUT2D eigenvalue weighted by Gasteiger charge is -2.31. The van der Waals surface area contributed by atoms with E-state index in [1.54, 1.807) is 0 Å². The van der Waals surface area contributed by atoms with Crippen molar-refractivity contribution in [2.45, 2.75) is 25.3 Å². The van der Waals surface area contributed by atoms with E-state index in [1.807, 2.05) is 30.5 Å². The summed E-state index contributed by atoms with van der Waals surface area (Å²) in [6, 6.07) is 10.8. The van der Waals surface area contributed by atoms with Gasteiger partial charge in [0, 0.05) is 6.04 Å². The van der Waals surface area contributed by atoms with E-state index in [0.717, 1.165) is 6.61 Å². The van der Waals surface area contributed by atoms with E-state index in [-0.39, 0.29) is 0 Å². The Balaban J connectivity index is 1.73. The molecule has 92 valence electrons. The maximum absolute atomic E-state index is 5.63. The molecule has 1 fully saturated rings. The van der Waals surface area contributed by atoms with Crippen molar-refractivity contribution >= 4 is 6.08 Å². The monoisotopic (exact) mass is 231 g/mol. The Labute approximate surface area is 104 Å². The van der Waals surface area contributed by atoms with Gasteiger partial charge in [0.15, 0.2) is 0 Å². The number of likely N-dealkylation sites (N-methyl/N-ethyl adjacent to an activating group) is 1. The molecule has 1 aromatic carbocycles. The van der Waals surface area contributed by atoms with Gasteiger partial charge in [-0.3, -0.25) is 0 Å². The second-order valence-electron chi connectivity index (χ2n) is 4.68. The van der Waals surface area contributed by atoms with Crippen LogP contribution in [0.15, 0.2) is 36.6 Å². The topological polar surface area (TPSA) is 12.5 Å². The molecule has 2 rings (SSSR count). The van der Waals surface area contributed by atoms with Gasteiger partial charge in [0.1, 0.15) is 6.61 Å². The predicted molar refractivity (Wildman–Crippen MR) is 71.7 cm³/mol. The summed E-state index contributed by atoms with van der Waals surface area (Å²) >= 11 is 0. The fraction of sp³-hybridized carbons (Fsp3) is 0.467. The Morgan fingerprint density at radius 2 is 2.12 bits per heavy atom. The van der Waals surface area contributed by atoms with E-state index >= 15 is 0 Å². The Morgan fingerprint density at radius 1 is 1.29 bits per heavy atom. The van der Waals surface area contributed by atoms with Crippen molar-refractivity contribution in [1.82, 2.24) is 4.90 Å². The van der Waals surface area contributed by atoms with Gasteiger partial charge in [0.25, 0.3) is 0 Å². The highest BCUT2D eigenvalue weighted by Gasteiger charge is 2.18. The molecule has 1 atom stereocenters. The van der Waals surface area contributed by atoms with Crippen LogP contribution in [0, 0.1) is 0 Å². The van der Waals surface area contributed by atoms with Crippen LogP contribution in [0.3, 0.4) is 0 Å². The van der Waals surface area contributed by atoms with E-state index in [9.17, 15) is 0 Å². The van der Waals surface area contributed by atoms with Crippen molar-refractivity contribution < 1.29 is 4.74 Å². The van der Waals surface area contributed by atoms with Gasteiger partial charge in [-0.1, -0.05) is 36.8 Å². The molecule has 0 N–H and O–H groups in total. The van der Waals surface area contributed by atoms with Crippen molar-refractivity contribution in [3.05, 3.63) is 42.2 Å². The molecule has 2 heteroatoms. The molecule has 1 aliphatic rings. The predicted octanol–water partition coefficient (Wildman–Crippen LogP) is 3.16. The molecule has 0 spiro atoms. The highest BCUT2D eigenvalue weighted by atomic mass is 16.5. The van der Waals surface area contributed by atoms with Gasteiger partial charge >= 0.3 is 0 Å². The maximum atomic E-state index is 5.63. The van der Waals surface area contributed by atoms with Gasteiger partial charge in [0.2, 0.25) is 0 Å². The first-order valence-electron chi connectivity index (χ1n) is 6.40. The van der Waals surface area contributed by atoms with Crippen LogP contribution in [-0.4, -0.2) is 31.1 Å². The average molecular weight is 231 g/mol. The van der Waals surface area contributed by atoms with E-state index in [2.05, 4.69) is 24.1 Å². The fourth-order valence-electron chi connectivity index (χ4n) is 2.21. The second-order valence-corrected chi connectivity index (χ2v) is 4.68. The van der Waals surface area contributed by atoms with E-state index in [1.165, 1.54) is 31.4 Å². The molecule has 0 radical (unpaired) electrons. The molecule has 1 unspecified atom stereocenters. The lowest BCUT2D eigenvalue weighted by Crippen LogP contribution is -2.39. The summed E-state index contributed by atoms with van der Waals surface area (Å²) in [5.41, 5.74) is 1.18. The van der Waals surface area contributed by atoms with Crippen molar-refractivity contribution in [3.63, 3.8) is 0 Å². The third-order valence-electron chi connectivity index (χ3n) is 3.37. The van der Waals surface area contributed by atoms with Gasteiger partial charge in [-0.2, -0.15) is 0 Å². The van der Waals surface area contributed by atoms with Crippen molar-refractivity contribution in [3.8, 4) is 0 Å². The summed E-state index contributed by atoms with van der Waals surface area (Å²) in [5, 5.41) is 0. The summed E-state index contributed by atoms with van der Waals surface area (Å²) in [6.07, 6.45) is 7.75. The van der Waals surface area contributed by atoms with Crippen LogP contribution in [0.2, 0.25) is 0 Å². The number of nitrogens with zero attached hydrogens (tertiary/aromatic N) is 1. The van der Waals surface area contributed by atoms with Crippen LogP contribution < -0.4 is 0 Å². The first kappa shape index (κ1) is 12.2. The molecule has 0 aromatic heterocycles. The minimum Gasteiger partial charge on any atom is -0.500 e. The summed E-state index contributed by atoms with van der Waals surface area (Å²) in [6.45, 7) is 2.01. The number of rotatable bonds is 4.